The molecule has 1 heterocycles. The first-order valence-electron chi connectivity index (χ1n) is 7.56. The van der Waals surface area contributed by atoms with Crippen LogP contribution in [0.4, 0.5) is 5.82 Å². The van der Waals surface area contributed by atoms with Crippen molar-refractivity contribution in [3.8, 4) is 0 Å². The molecular formula is C17H20IN3. The lowest BCUT2D eigenvalue weighted by Crippen LogP contribution is -2.11. The van der Waals surface area contributed by atoms with Crippen LogP contribution < -0.4 is 5.32 Å². The predicted molar refractivity (Wildman–Crippen MR) is 94.9 cm³/mol. The van der Waals surface area contributed by atoms with Crippen LogP contribution in [0.5, 0.6) is 0 Å². The maximum Gasteiger partial charge on any atom is 0.143 e. The van der Waals surface area contributed by atoms with Gasteiger partial charge in [-0.2, -0.15) is 0 Å². The molecule has 2 aromatic rings. The molecule has 1 atom stereocenters. The second-order valence-corrected chi connectivity index (χ2v) is 6.63. The molecular weight excluding hydrogens is 373 g/mol. The summed E-state index contributed by atoms with van der Waals surface area (Å²) in [5.41, 5.74) is 3.92. The topological polar surface area (TPSA) is 37.8 Å². The normalized spacial score (nSPS) is 16.8. The Morgan fingerprint density at radius 1 is 1.29 bits per heavy atom. The van der Waals surface area contributed by atoms with E-state index in [1.54, 1.807) is 0 Å². The van der Waals surface area contributed by atoms with E-state index in [0.29, 0.717) is 5.92 Å². The number of hydrogen-bond donors (Lipinski definition) is 1. The van der Waals surface area contributed by atoms with Gasteiger partial charge in [0, 0.05) is 12.5 Å². The average Bonchev–Trinajstić information content (AvgIpc) is 2.92. The molecule has 4 heteroatoms. The number of nitrogens with zero attached hydrogens (tertiary/aromatic N) is 2. The molecule has 0 bridgehead atoms. The average molecular weight is 393 g/mol. The minimum absolute atomic E-state index is 0.346. The van der Waals surface area contributed by atoms with E-state index in [0.717, 1.165) is 46.7 Å². The molecule has 1 aromatic carbocycles. The highest BCUT2D eigenvalue weighted by atomic mass is 127. The van der Waals surface area contributed by atoms with E-state index in [9.17, 15) is 0 Å². The molecule has 0 saturated heterocycles. The fraction of sp³-hybridized carbons (Fsp3) is 0.412. The smallest absolute Gasteiger partial charge is 0.143 e. The van der Waals surface area contributed by atoms with Crippen molar-refractivity contribution in [1.29, 1.82) is 0 Å². The first-order valence-corrected chi connectivity index (χ1v) is 8.64. The van der Waals surface area contributed by atoms with E-state index < -0.39 is 0 Å². The molecule has 110 valence electrons. The van der Waals surface area contributed by atoms with Gasteiger partial charge in [0.25, 0.3) is 0 Å². The van der Waals surface area contributed by atoms with Crippen LogP contribution in [0.3, 0.4) is 0 Å². The first kappa shape index (κ1) is 14.8. The summed E-state index contributed by atoms with van der Waals surface area (Å²) >= 11 is 2.34. The zero-order valence-corrected chi connectivity index (χ0v) is 14.6. The number of rotatable bonds is 4. The Labute approximate surface area is 139 Å². The third kappa shape index (κ3) is 2.91. The first-order chi connectivity index (χ1) is 10.2. The molecule has 0 radical (unpaired) electrons. The van der Waals surface area contributed by atoms with Gasteiger partial charge in [-0.3, -0.25) is 0 Å². The van der Waals surface area contributed by atoms with E-state index in [1.165, 1.54) is 11.1 Å². The van der Waals surface area contributed by atoms with Gasteiger partial charge in [0.1, 0.15) is 11.6 Å². The minimum atomic E-state index is 0.346. The maximum atomic E-state index is 4.82. The van der Waals surface area contributed by atoms with Crippen LogP contribution in [0, 0.1) is 10.5 Å². The monoisotopic (exact) mass is 393 g/mol. The molecule has 0 fully saturated rings. The highest BCUT2D eigenvalue weighted by Gasteiger charge is 2.26. The van der Waals surface area contributed by atoms with Gasteiger partial charge in [-0.25, -0.2) is 9.97 Å². The van der Waals surface area contributed by atoms with Gasteiger partial charge in [-0.15, -0.1) is 0 Å². The van der Waals surface area contributed by atoms with Crippen LogP contribution in [0.1, 0.15) is 48.3 Å². The molecule has 1 aliphatic rings. The minimum Gasteiger partial charge on any atom is -0.369 e. The Bertz CT molecular complexity index is 654. The van der Waals surface area contributed by atoms with Crippen molar-refractivity contribution in [2.75, 3.05) is 11.9 Å². The van der Waals surface area contributed by atoms with E-state index in [-0.39, 0.29) is 0 Å². The molecule has 1 N–H and O–H groups in total. The van der Waals surface area contributed by atoms with Gasteiger partial charge in [0.15, 0.2) is 0 Å². The predicted octanol–water partition coefficient (Wildman–Crippen LogP) is 4.29. The highest BCUT2D eigenvalue weighted by Crippen LogP contribution is 2.37. The molecule has 3 nitrogen and oxygen atoms in total. The number of anilines is 1. The second-order valence-electron chi connectivity index (χ2n) is 5.55. The molecule has 0 saturated carbocycles. The molecule has 0 spiro atoms. The van der Waals surface area contributed by atoms with Crippen molar-refractivity contribution in [1.82, 2.24) is 9.97 Å². The van der Waals surface area contributed by atoms with Crippen molar-refractivity contribution in [3.63, 3.8) is 0 Å². The Hall–Kier alpha value is -1.17. The summed E-state index contributed by atoms with van der Waals surface area (Å²) in [7, 11) is 0. The number of hydrogen-bond acceptors (Lipinski definition) is 3. The summed E-state index contributed by atoms with van der Waals surface area (Å²) in [4.78, 5) is 9.59. The molecule has 1 aliphatic carbocycles. The van der Waals surface area contributed by atoms with Crippen LogP contribution in [-0.2, 0) is 6.42 Å². The molecule has 1 aromatic heterocycles. The SMILES string of the molecule is CCCNc1nc(C2CCc3ccccc32)nc(C)c1I. The van der Waals surface area contributed by atoms with Crippen LogP contribution in [-0.4, -0.2) is 16.5 Å². The molecule has 0 aliphatic heterocycles. The Kier molecular flexibility index (Phi) is 4.42. The van der Waals surface area contributed by atoms with Gasteiger partial charge in [-0.05, 0) is 59.9 Å². The zero-order chi connectivity index (χ0) is 14.8. The van der Waals surface area contributed by atoms with Crippen molar-refractivity contribution in [3.05, 3.63) is 50.5 Å². The van der Waals surface area contributed by atoms with Crippen LogP contribution in [0.25, 0.3) is 0 Å². The summed E-state index contributed by atoms with van der Waals surface area (Å²) in [6.07, 6.45) is 3.35. The molecule has 21 heavy (non-hydrogen) atoms. The van der Waals surface area contributed by atoms with Crippen LogP contribution in [0.15, 0.2) is 24.3 Å². The summed E-state index contributed by atoms with van der Waals surface area (Å²) in [6.45, 7) is 5.19. The Morgan fingerprint density at radius 3 is 2.90 bits per heavy atom. The van der Waals surface area contributed by atoms with Gasteiger partial charge in [-0.1, -0.05) is 31.2 Å². The lowest BCUT2D eigenvalue weighted by molar-refractivity contribution is 0.722. The van der Waals surface area contributed by atoms with E-state index in [2.05, 4.69) is 66.0 Å². The van der Waals surface area contributed by atoms with Crippen molar-refractivity contribution in [2.45, 2.75) is 39.0 Å². The quantitative estimate of drug-likeness (QED) is 0.788. The summed E-state index contributed by atoms with van der Waals surface area (Å²) < 4.78 is 1.14. The molecule has 3 rings (SSSR count). The van der Waals surface area contributed by atoms with Crippen LogP contribution in [0.2, 0.25) is 0 Å². The largest absolute Gasteiger partial charge is 0.369 e. The van der Waals surface area contributed by atoms with Crippen molar-refractivity contribution >= 4 is 28.4 Å². The third-order valence-corrected chi connectivity index (χ3v) is 5.31. The number of benzene rings is 1. The van der Waals surface area contributed by atoms with Gasteiger partial charge >= 0.3 is 0 Å². The second kappa shape index (κ2) is 6.30. The standard InChI is InChI=1S/C17H20IN3/c1-3-10-19-17-15(18)11(2)20-16(21-17)14-9-8-12-6-4-5-7-13(12)14/h4-7,14H,3,8-10H2,1-2H3,(H,19,20,21). The zero-order valence-electron chi connectivity index (χ0n) is 12.5. The number of nitrogens with one attached hydrogen (secondary N) is 1. The van der Waals surface area contributed by atoms with Crippen LogP contribution >= 0.6 is 22.6 Å². The van der Waals surface area contributed by atoms with E-state index in [1.807, 2.05) is 0 Å². The fourth-order valence-electron chi connectivity index (χ4n) is 2.92. The van der Waals surface area contributed by atoms with Gasteiger partial charge in [0.05, 0.1) is 9.26 Å². The Morgan fingerprint density at radius 2 is 2.10 bits per heavy atom. The van der Waals surface area contributed by atoms with E-state index >= 15 is 0 Å². The fourth-order valence-corrected chi connectivity index (χ4v) is 3.35. The number of halogens is 1. The van der Waals surface area contributed by atoms with E-state index in [4.69, 9.17) is 9.97 Å². The number of fused-ring (bicyclic) bond motifs is 1. The van der Waals surface area contributed by atoms with Crippen molar-refractivity contribution in [2.24, 2.45) is 0 Å². The number of aryl methyl sites for hydroxylation is 2. The molecule has 1 unspecified atom stereocenters. The van der Waals surface area contributed by atoms with Gasteiger partial charge in [0.2, 0.25) is 0 Å². The summed E-state index contributed by atoms with van der Waals surface area (Å²) in [6, 6.07) is 8.69. The highest BCUT2D eigenvalue weighted by molar-refractivity contribution is 14.1. The summed E-state index contributed by atoms with van der Waals surface area (Å²) in [5, 5.41) is 3.43. The third-order valence-electron chi connectivity index (χ3n) is 4.02. The van der Waals surface area contributed by atoms with Crippen molar-refractivity contribution < 1.29 is 0 Å². The molecule has 0 amide bonds. The number of aromatic nitrogens is 2. The Balaban J connectivity index is 1.98. The summed E-state index contributed by atoms with van der Waals surface area (Å²) in [5.74, 6) is 2.31. The van der Waals surface area contributed by atoms with Gasteiger partial charge < -0.3 is 5.32 Å². The lowest BCUT2D eigenvalue weighted by atomic mass is 10.0. The lowest BCUT2D eigenvalue weighted by Gasteiger charge is -2.15. The maximum absolute atomic E-state index is 4.82.